The zero-order chi connectivity index (χ0) is 16.9. The van der Waals surface area contributed by atoms with E-state index >= 15 is 0 Å². The van der Waals surface area contributed by atoms with Crippen molar-refractivity contribution < 1.29 is 23.8 Å². The minimum atomic E-state index is -0.609. The highest BCUT2D eigenvalue weighted by Gasteiger charge is 2.22. The minimum Gasteiger partial charge on any atom is -0.493 e. The maximum Gasteiger partial charge on any atom is 0.269 e. The Morgan fingerprint density at radius 2 is 1.41 bits per heavy atom. The summed E-state index contributed by atoms with van der Waals surface area (Å²) in [4.78, 5) is 23.9. The van der Waals surface area contributed by atoms with Crippen LogP contribution in [0.25, 0.3) is 0 Å². The summed E-state index contributed by atoms with van der Waals surface area (Å²) in [7, 11) is 4.39. The molecule has 7 heteroatoms. The first kappa shape index (κ1) is 17.6. The lowest BCUT2D eigenvalue weighted by Crippen LogP contribution is -2.46. The maximum atomic E-state index is 12.1. The van der Waals surface area contributed by atoms with Gasteiger partial charge in [-0.05, 0) is 12.1 Å². The molecule has 2 amide bonds. The molecule has 0 heterocycles. The number of ether oxygens (including phenoxy) is 3. The van der Waals surface area contributed by atoms with Gasteiger partial charge in [0.1, 0.15) is 0 Å². The van der Waals surface area contributed by atoms with Gasteiger partial charge in [-0.25, -0.2) is 0 Å². The van der Waals surface area contributed by atoms with E-state index in [1.807, 2.05) is 0 Å². The van der Waals surface area contributed by atoms with Crippen molar-refractivity contribution in [3.8, 4) is 17.2 Å². The lowest BCUT2D eigenvalue weighted by atomic mass is 9.96. The summed E-state index contributed by atoms with van der Waals surface area (Å²) in [5.41, 5.74) is 4.39. The third-order valence-electron chi connectivity index (χ3n) is 2.90. The normalized spacial score (nSPS) is 10.6. The molecule has 0 spiro atoms. The van der Waals surface area contributed by atoms with Crippen LogP contribution in [0.4, 0.5) is 0 Å². The highest BCUT2D eigenvalue weighted by Crippen LogP contribution is 2.38. The SMILES string of the molecule is COc1cc(C(=O)NNC(=O)C(C)(C)C)cc(OC)c1OC. The molecule has 1 rings (SSSR count). The second-order valence-electron chi connectivity index (χ2n) is 5.57. The molecule has 0 aliphatic carbocycles. The van der Waals surface area contributed by atoms with Gasteiger partial charge in [0.2, 0.25) is 11.7 Å². The van der Waals surface area contributed by atoms with Crippen molar-refractivity contribution in [2.45, 2.75) is 20.8 Å². The minimum absolute atomic E-state index is 0.267. The van der Waals surface area contributed by atoms with Gasteiger partial charge in [0.25, 0.3) is 5.91 Å². The van der Waals surface area contributed by atoms with Gasteiger partial charge in [0, 0.05) is 11.0 Å². The van der Waals surface area contributed by atoms with E-state index in [1.54, 1.807) is 20.8 Å². The van der Waals surface area contributed by atoms with Crippen LogP contribution in [0.15, 0.2) is 12.1 Å². The molecule has 1 aromatic carbocycles. The number of carbonyl (C=O) groups excluding carboxylic acids is 2. The quantitative estimate of drug-likeness (QED) is 0.824. The second kappa shape index (κ2) is 7.02. The molecule has 122 valence electrons. The molecular formula is C15H22N2O5. The van der Waals surface area contributed by atoms with Crippen LogP contribution in [-0.2, 0) is 4.79 Å². The van der Waals surface area contributed by atoms with Crippen LogP contribution < -0.4 is 25.1 Å². The Hall–Kier alpha value is -2.44. The maximum absolute atomic E-state index is 12.1. The van der Waals surface area contributed by atoms with E-state index < -0.39 is 11.3 Å². The predicted octanol–water partition coefficient (Wildman–Crippen LogP) is 1.52. The number of hydrogen-bond acceptors (Lipinski definition) is 5. The fraction of sp³-hybridized carbons (Fsp3) is 0.467. The van der Waals surface area contributed by atoms with Crippen LogP contribution in [0.1, 0.15) is 31.1 Å². The number of rotatable bonds is 4. The van der Waals surface area contributed by atoms with E-state index in [4.69, 9.17) is 14.2 Å². The number of nitrogens with one attached hydrogen (secondary N) is 2. The molecule has 0 unspecified atom stereocenters. The molecule has 0 aliphatic heterocycles. The Balaban J connectivity index is 2.97. The summed E-state index contributed by atoms with van der Waals surface area (Å²) in [5, 5.41) is 0. The lowest BCUT2D eigenvalue weighted by Gasteiger charge is -2.18. The fourth-order valence-electron chi connectivity index (χ4n) is 1.59. The van der Waals surface area contributed by atoms with Gasteiger partial charge in [0.05, 0.1) is 21.3 Å². The number of benzene rings is 1. The van der Waals surface area contributed by atoms with Crippen LogP contribution in [0.5, 0.6) is 17.2 Å². The topological polar surface area (TPSA) is 85.9 Å². The second-order valence-corrected chi connectivity index (χ2v) is 5.57. The third kappa shape index (κ3) is 4.03. The predicted molar refractivity (Wildman–Crippen MR) is 81.2 cm³/mol. The third-order valence-corrected chi connectivity index (χ3v) is 2.90. The van der Waals surface area contributed by atoms with Crippen molar-refractivity contribution in [1.29, 1.82) is 0 Å². The van der Waals surface area contributed by atoms with E-state index in [0.717, 1.165) is 0 Å². The molecular weight excluding hydrogens is 288 g/mol. The fourth-order valence-corrected chi connectivity index (χ4v) is 1.59. The van der Waals surface area contributed by atoms with Crippen molar-refractivity contribution in [3.05, 3.63) is 17.7 Å². The van der Waals surface area contributed by atoms with E-state index in [0.29, 0.717) is 17.2 Å². The van der Waals surface area contributed by atoms with E-state index in [1.165, 1.54) is 33.5 Å². The summed E-state index contributed by atoms with van der Waals surface area (Å²) >= 11 is 0. The van der Waals surface area contributed by atoms with Crippen molar-refractivity contribution >= 4 is 11.8 Å². The highest BCUT2D eigenvalue weighted by molar-refractivity contribution is 5.97. The first-order valence-electron chi connectivity index (χ1n) is 6.65. The molecule has 0 fully saturated rings. The Morgan fingerprint density at radius 3 is 1.77 bits per heavy atom. The largest absolute Gasteiger partial charge is 0.493 e. The zero-order valence-corrected chi connectivity index (χ0v) is 13.7. The summed E-state index contributed by atoms with van der Waals surface area (Å²) in [6, 6.07) is 3.00. The van der Waals surface area contributed by atoms with Crippen molar-refractivity contribution in [1.82, 2.24) is 10.9 Å². The average molecular weight is 310 g/mol. The van der Waals surface area contributed by atoms with Crippen LogP contribution in [0, 0.1) is 5.41 Å². The molecule has 0 saturated carbocycles. The molecule has 0 bridgehead atoms. The number of hydrazine groups is 1. The standard InChI is InChI=1S/C15H22N2O5/c1-15(2,3)14(19)17-16-13(18)9-7-10(20-4)12(22-6)11(8-9)21-5/h7-8H,1-6H3,(H,16,18)(H,17,19). The van der Waals surface area contributed by atoms with E-state index in [-0.39, 0.29) is 11.5 Å². The van der Waals surface area contributed by atoms with Gasteiger partial charge >= 0.3 is 0 Å². The Morgan fingerprint density at radius 1 is 0.909 bits per heavy atom. The molecule has 0 aromatic heterocycles. The molecule has 7 nitrogen and oxygen atoms in total. The summed E-state index contributed by atoms with van der Waals surface area (Å²) in [5.74, 6) is 0.314. The first-order chi connectivity index (χ1) is 10.2. The Bertz CT molecular complexity index is 539. The van der Waals surface area contributed by atoms with Crippen LogP contribution in [0.2, 0.25) is 0 Å². The molecule has 1 aromatic rings. The van der Waals surface area contributed by atoms with Gasteiger partial charge < -0.3 is 14.2 Å². The van der Waals surface area contributed by atoms with E-state index in [2.05, 4.69) is 10.9 Å². The monoisotopic (exact) mass is 310 g/mol. The van der Waals surface area contributed by atoms with Crippen LogP contribution in [-0.4, -0.2) is 33.1 Å². The van der Waals surface area contributed by atoms with Gasteiger partial charge in [-0.15, -0.1) is 0 Å². The molecule has 0 atom stereocenters. The number of hydrogen-bond donors (Lipinski definition) is 2. The number of carbonyl (C=O) groups is 2. The van der Waals surface area contributed by atoms with Gasteiger partial charge in [-0.1, -0.05) is 20.8 Å². The van der Waals surface area contributed by atoms with Crippen LogP contribution in [0.3, 0.4) is 0 Å². The van der Waals surface area contributed by atoms with Gasteiger partial charge in [0.15, 0.2) is 11.5 Å². The number of amides is 2. The summed E-state index contributed by atoms with van der Waals surface area (Å²) in [6.45, 7) is 5.23. The number of methoxy groups -OCH3 is 3. The molecule has 0 aliphatic rings. The smallest absolute Gasteiger partial charge is 0.269 e. The zero-order valence-electron chi connectivity index (χ0n) is 13.7. The summed E-state index contributed by atoms with van der Waals surface area (Å²) in [6.07, 6.45) is 0. The molecule has 22 heavy (non-hydrogen) atoms. The Labute approximate surface area is 129 Å². The molecule has 0 radical (unpaired) electrons. The van der Waals surface area contributed by atoms with E-state index in [9.17, 15) is 9.59 Å². The average Bonchev–Trinajstić information content (AvgIpc) is 2.49. The lowest BCUT2D eigenvalue weighted by molar-refractivity contribution is -0.129. The summed E-state index contributed by atoms with van der Waals surface area (Å²) < 4.78 is 15.5. The van der Waals surface area contributed by atoms with Crippen molar-refractivity contribution in [2.75, 3.05) is 21.3 Å². The molecule has 2 N–H and O–H groups in total. The first-order valence-corrected chi connectivity index (χ1v) is 6.65. The Kier molecular flexibility index (Phi) is 5.62. The van der Waals surface area contributed by atoms with Crippen LogP contribution >= 0.6 is 0 Å². The van der Waals surface area contributed by atoms with Gasteiger partial charge in [-0.2, -0.15) is 0 Å². The van der Waals surface area contributed by atoms with Crippen molar-refractivity contribution in [3.63, 3.8) is 0 Å². The van der Waals surface area contributed by atoms with Gasteiger partial charge in [-0.3, -0.25) is 20.4 Å². The van der Waals surface area contributed by atoms with Crippen molar-refractivity contribution in [2.24, 2.45) is 5.41 Å². The highest BCUT2D eigenvalue weighted by atomic mass is 16.5. The molecule has 0 saturated heterocycles.